The Morgan fingerprint density at radius 1 is 0.917 bits per heavy atom. The molecule has 5 heteroatoms. The molecule has 0 radical (unpaired) electrons. The van der Waals surface area contributed by atoms with Gasteiger partial charge in [-0.15, -0.1) is 15.3 Å². The molecule has 0 saturated heterocycles. The SMILES string of the molecule is c1ccc(-c2nnc3ccc(NC4C5C6CCC(C6)C45)nn23)cc1. The van der Waals surface area contributed by atoms with E-state index >= 15 is 0 Å². The van der Waals surface area contributed by atoms with Gasteiger partial charge in [0.25, 0.3) is 0 Å². The predicted molar refractivity (Wildman–Crippen MR) is 91.4 cm³/mol. The van der Waals surface area contributed by atoms with E-state index < -0.39 is 0 Å². The number of hydrogen-bond acceptors (Lipinski definition) is 4. The van der Waals surface area contributed by atoms with Crippen LogP contribution in [0.2, 0.25) is 0 Å². The van der Waals surface area contributed by atoms with Crippen molar-refractivity contribution < 1.29 is 0 Å². The summed E-state index contributed by atoms with van der Waals surface area (Å²) in [5.74, 6) is 5.47. The van der Waals surface area contributed by atoms with Crippen molar-refractivity contribution in [3.63, 3.8) is 0 Å². The summed E-state index contributed by atoms with van der Waals surface area (Å²) in [5.41, 5.74) is 1.83. The minimum absolute atomic E-state index is 0.637. The molecule has 0 spiro atoms. The molecule has 0 aliphatic heterocycles. The van der Waals surface area contributed by atoms with Gasteiger partial charge < -0.3 is 5.32 Å². The van der Waals surface area contributed by atoms with Crippen molar-refractivity contribution >= 4 is 11.5 Å². The first-order valence-electron chi connectivity index (χ1n) is 8.93. The van der Waals surface area contributed by atoms with Crippen molar-refractivity contribution in [1.82, 2.24) is 19.8 Å². The second-order valence-corrected chi connectivity index (χ2v) is 7.54. The maximum Gasteiger partial charge on any atom is 0.185 e. The largest absolute Gasteiger partial charge is 0.365 e. The summed E-state index contributed by atoms with van der Waals surface area (Å²) in [5, 5.41) is 17.0. The lowest BCUT2D eigenvalue weighted by Crippen LogP contribution is -2.14. The number of hydrogen-bond donors (Lipinski definition) is 1. The lowest BCUT2D eigenvalue weighted by atomic mass is 10.0. The summed E-state index contributed by atoms with van der Waals surface area (Å²) in [6.07, 6.45) is 4.36. The van der Waals surface area contributed by atoms with Gasteiger partial charge in [0, 0.05) is 11.6 Å². The molecule has 24 heavy (non-hydrogen) atoms. The Hall–Kier alpha value is -2.43. The fourth-order valence-electron chi connectivity index (χ4n) is 5.32. The molecule has 1 N–H and O–H groups in total. The van der Waals surface area contributed by atoms with E-state index in [0.29, 0.717) is 6.04 Å². The molecule has 120 valence electrons. The summed E-state index contributed by atoms with van der Waals surface area (Å²) in [6.45, 7) is 0. The zero-order valence-corrected chi connectivity index (χ0v) is 13.3. The summed E-state index contributed by atoms with van der Waals surface area (Å²) < 4.78 is 1.85. The molecule has 3 aliphatic carbocycles. The number of fused-ring (bicyclic) bond motifs is 6. The smallest absolute Gasteiger partial charge is 0.185 e. The highest BCUT2D eigenvalue weighted by Crippen LogP contribution is 2.66. The van der Waals surface area contributed by atoms with Crippen LogP contribution in [0.5, 0.6) is 0 Å². The highest BCUT2D eigenvalue weighted by Gasteiger charge is 2.65. The van der Waals surface area contributed by atoms with Crippen LogP contribution in [0.4, 0.5) is 5.82 Å². The Morgan fingerprint density at radius 3 is 2.50 bits per heavy atom. The molecule has 2 bridgehead atoms. The van der Waals surface area contributed by atoms with E-state index in [-0.39, 0.29) is 0 Å². The molecular formula is C19H19N5. The molecule has 3 fully saturated rings. The Morgan fingerprint density at radius 2 is 1.71 bits per heavy atom. The number of aromatic nitrogens is 4. The summed E-state index contributed by atoms with van der Waals surface area (Å²) in [4.78, 5) is 0. The molecule has 2 aromatic heterocycles. The highest BCUT2D eigenvalue weighted by molar-refractivity contribution is 5.59. The first-order valence-corrected chi connectivity index (χ1v) is 8.93. The lowest BCUT2D eigenvalue weighted by molar-refractivity contribution is 0.456. The first kappa shape index (κ1) is 12.9. The van der Waals surface area contributed by atoms with Gasteiger partial charge in [0.1, 0.15) is 5.82 Å². The number of benzene rings is 1. The average molecular weight is 317 g/mol. The molecule has 3 aliphatic rings. The van der Waals surface area contributed by atoms with Crippen LogP contribution in [0.25, 0.3) is 17.0 Å². The molecule has 3 aromatic rings. The van der Waals surface area contributed by atoms with E-state index in [0.717, 1.165) is 46.5 Å². The third kappa shape index (κ3) is 1.72. The molecular weight excluding hydrogens is 298 g/mol. The van der Waals surface area contributed by atoms with Gasteiger partial charge in [-0.3, -0.25) is 0 Å². The van der Waals surface area contributed by atoms with Gasteiger partial charge in [0.2, 0.25) is 0 Å². The molecule has 4 unspecified atom stereocenters. The number of nitrogens with one attached hydrogen (secondary N) is 1. The maximum atomic E-state index is 4.77. The fraction of sp³-hybridized carbons (Fsp3) is 0.421. The quantitative estimate of drug-likeness (QED) is 0.805. The van der Waals surface area contributed by atoms with E-state index in [9.17, 15) is 0 Å². The van der Waals surface area contributed by atoms with E-state index in [2.05, 4.69) is 15.5 Å². The van der Waals surface area contributed by atoms with Crippen molar-refractivity contribution in [3.05, 3.63) is 42.5 Å². The molecule has 4 atom stereocenters. The van der Waals surface area contributed by atoms with Gasteiger partial charge >= 0.3 is 0 Å². The van der Waals surface area contributed by atoms with Gasteiger partial charge in [-0.2, -0.15) is 4.52 Å². The normalized spacial score (nSPS) is 32.9. The first-order chi connectivity index (χ1) is 11.9. The van der Waals surface area contributed by atoms with Gasteiger partial charge in [-0.05, 0) is 55.1 Å². The van der Waals surface area contributed by atoms with Gasteiger partial charge in [-0.25, -0.2) is 0 Å². The average Bonchev–Trinajstić information content (AvgIpc) is 3.01. The molecule has 2 heterocycles. The van der Waals surface area contributed by atoms with Crippen molar-refractivity contribution in [2.24, 2.45) is 23.7 Å². The van der Waals surface area contributed by atoms with Crippen molar-refractivity contribution in [2.45, 2.75) is 25.3 Å². The van der Waals surface area contributed by atoms with Crippen LogP contribution >= 0.6 is 0 Å². The van der Waals surface area contributed by atoms with E-state index in [4.69, 9.17) is 5.10 Å². The van der Waals surface area contributed by atoms with Crippen LogP contribution in [0.15, 0.2) is 42.5 Å². The zero-order valence-electron chi connectivity index (χ0n) is 13.3. The zero-order chi connectivity index (χ0) is 15.7. The van der Waals surface area contributed by atoms with Crippen LogP contribution < -0.4 is 5.32 Å². The van der Waals surface area contributed by atoms with Crippen LogP contribution in [0.1, 0.15) is 19.3 Å². The summed E-state index contributed by atoms with van der Waals surface area (Å²) >= 11 is 0. The third-order valence-corrected chi connectivity index (χ3v) is 6.34. The van der Waals surface area contributed by atoms with Gasteiger partial charge in [0.15, 0.2) is 11.5 Å². The molecule has 1 aromatic carbocycles. The van der Waals surface area contributed by atoms with Crippen molar-refractivity contribution in [3.8, 4) is 11.4 Å². The maximum absolute atomic E-state index is 4.77. The molecule has 0 amide bonds. The van der Waals surface area contributed by atoms with E-state index in [1.807, 2.05) is 47.0 Å². The Balaban J connectivity index is 1.33. The van der Waals surface area contributed by atoms with Gasteiger partial charge in [0.05, 0.1) is 0 Å². The fourth-order valence-corrected chi connectivity index (χ4v) is 5.32. The Bertz CT molecular complexity index is 902. The molecule has 3 saturated carbocycles. The second kappa shape index (κ2) is 4.56. The van der Waals surface area contributed by atoms with Crippen LogP contribution in [-0.4, -0.2) is 25.9 Å². The van der Waals surface area contributed by atoms with E-state index in [1.54, 1.807) is 0 Å². The number of rotatable bonds is 3. The number of anilines is 1. The summed E-state index contributed by atoms with van der Waals surface area (Å²) in [6, 6.07) is 14.8. The highest BCUT2D eigenvalue weighted by atomic mass is 15.4. The Labute approximate surface area is 140 Å². The van der Waals surface area contributed by atoms with Crippen molar-refractivity contribution in [1.29, 1.82) is 0 Å². The number of nitrogens with zero attached hydrogens (tertiary/aromatic N) is 4. The summed E-state index contributed by atoms with van der Waals surface area (Å²) in [7, 11) is 0. The topological polar surface area (TPSA) is 55.1 Å². The van der Waals surface area contributed by atoms with E-state index in [1.165, 1.54) is 19.3 Å². The standard InChI is InChI=1S/C19H19N5/c1-2-4-11(5-3-1)19-22-21-15-9-8-14(23-24(15)19)20-18-16-12-6-7-13(10-12)17(16)18/h1-5,8-9,12-13,16-18H,6-7,10H2,(H,20,23). The van der Waals surface area contributed by atoms with Crippen LogP contribution in [-0.2, 0) is 0 Å². The minimum Gasteiger partial charge on any atom is -0.365 e. The third-order valence-electron chi connectivity index (χ3n) is 6.34. The second-order valence-electron chi connectivity index (χ2n) is 7.54. The Kier molecular flexibility index (Phi) is 2.46. The monoisotopic (exact) mass is 317 g/mol. The van der Waals surface area contributed by atoms with Crippen LogP contribution in [0.3, 0.4) is 0 Å². The predicted octanol–water partition coefficient (Wildman–Crippen LogP) is 3.25. The lowest BCUT2D eigenvalue weighted by Gasteiger charge is -2.11. The van der Waals surface area contributed by atoms with Crippen LogP contribution in [0, 0.1) is 23.7 Å². The van der Waals surface area contributed by atoms with Gasteiger partial charge in [-0.1, -0.05) is 30.3 Å². The minimum atomic E-state index is 0.637. The molecule has 6 rings (SSSR count). The van der Waals surface area contributed by atoms with Crippen molar-refractivity contribution in [2.75, 3.05) is 5.32 Å². The molecule has 5 nitrogen and oxygen atoms in total.